The number of aliphatic hydroxyl groups excluding tert-OH is 1. The minimum atomic E-state index is -1.38. The van der Waals surface area contributed by atoms with Crippen molar-refractivity contribution in [3.63, 3.8) is 0 Å². The Morgan fingerprint density at radius 3 is 2.83 bits per heavy atom. The molecule has 0 bridgehead atoms. The van der Waals surface area contributed by atoms with Crippen LogP contribution in [-0.2, 0) is 19.9 Å². The predicted octanol–water partition coefficient (Wildman–Crippen LogP) is 2.11. The van der Waals surface area contributed by atoms with E-state index in [1.165, 1.54) is 13.4 Å². The first kappa shape index (κ1) is 13.1. The molecule has 1 aliphatic heterocycles. The van der Waals surface area contributed by atoms with E-state index >= 15 is 0 Å². The first-order chi connectivity index (χ1) is 8.62. The van der Waals surface area contributed by atoms with Crippen LogP contribution in [0, 0.1) is 0 Å². The van der Waals surface area contributed by atoms with E-state index in [1.54, 1.807) is 6.08 Å². The molecule has 0 radical (unpaired) electrons. The second-order valence-electron chi connectivity index (χ2n) is 3.99. The number of hydrogen-bond donors (Lipinski definition) is 1. The summed E-state index contributed by atoms with van der Waals surface area (Å²) in [6, 6.07) is 7.33. The van der Waals surface area contributed by atoms with Crippen molar-refractivity contribution < 1.29 is 19.4 Å². The lowest BCUT2D eigenvalue weighted by molar-refractivity contribution is -0.167. The number of hydrogen-bond acceptors (Lipinski definition) is 4. The van der Waals surface area contributed by atoms with Crippen LogP contribution >= 0.6 is 15.9 Å². The summed E-state index contributed by atoms with van der Waals surface area (Å²) < 4.78 is 10.9. The molecule has 1 aromatic rings. The zero-order valence-corrected chi connectivity index (χ0v) is 11.4. The molecule has 1 aliphatic rings. The number of rotatable bonds is 3. The molecule has 2 rings (SSSR count). The molecule has 0 amide bonds. The summed E-state index contributed by atoms with van der Waals surface area (Å²) in [5, 5.41) is 10.2. The highest BCUT2D eigenvalue weighted by Crippen LogP contribution is 2.41. The highest BCUT2D eigenvalue weighted by molar-refractivity contribution is 9.10. The molecular weight excluding hydrogens is 300 g/mol. The van der Waals surface area contributed by atoms with Gasteiger partial charge >= 0.3 is 5.97 Å². The van der Waals surface area contributed by atoms with Gasteiger partial charge in [0.05, 0.1) is 13.4 Å². The molecule has 0 saturated carbocycles. The van der Waals surface area contributed by atoms with E-state index in [4.69, 9.17) is 4.74 Å². The molecule has 0 aliphatic carbocycles. The summed E-state index contributed by atoms with van der Waals surface area (Å²) in [6.45, 7) is 0. The Morgan fingerprint density at radius 2 is 2.28 bits per heavy atom. The zero-order chi connectivity index (χ0) is 13.2. The van der Waals surface area contributed by atoms with Gasteiger partial charge in [0.1, 0.15) is 0 Å². The van der Waals surface area contributed by atoms with Crippen molar-refractivity contribution in [1.29, 1.82) is 0 Å². The van der Waals surface area contributed by atoms with Gasteiger partial charge in [-0.1, -0.05) is 34.1 Å². The molecule has 2 unspecified atom stereocenters. The zero-order valence-electron chi connectivity index (χ0n) is 9.80. The van der Waals surface area contributed by atoms with E-state index in [0.29, 0.717) is 12.0 Å². The van der Waals surface area contributed by atoms with E-state index in [2.05, 4.69) is 20.7 Å². The highest BCUT2D eigenvalue weighted by Gasteiger charge is 2.48. The Kier molecular flexibility index (Phi) is 3.73. The van der Waals surface area contributed by atoms with Crippen molar-refractivity contribution in [3.05, 3.63) is 46.6 Å². The number of aliphatic hydroxyl groups is 1. The van der Waals surface area contributed by atoms with Crippen LogP contribution < -0.4 is 0 Å². The lowest BCUT2D eigenvalue weighted by Crippen LogP contribution is -2.45. The molecular formula is C13H13BrO4. The van der Waals surface area contributed by atoms with Crippen LogP contribution in [0.4, 0.5) is 0 Å². The lowest BCUT2D eigenvalue weighted by Gasteiger charge is -2.33. The Hall–Kier alpha value is -1.33. The van der Waals surface area contributed by atoms with Crippen LogP contribution in [0.1, 0.15) is 12.0 Å². The van der Waals surface area contributed by atoms with Gasteiger partial charge in [0.2, 0.25) is 0 Å². The Morgan fingerprint density at radius 1 is 1.56 bits per heavy atom. The first-order valence-electron chi connectivity index (χ1n) is 5.45. The molecule has 0 spiro atoms. The van der Waals surface area contributed by atoms with Crippen molar-refractivity contribution in [2.75, 3.05) is 7.11 Å². The molecule has 4 nitrogen and oxygen atoms in total. The van der Waals surface area contributed by atoms with Crippen molar-refractivity contribution in [2.24, 2.45) is 0 Å². The number of carbonyl (C=O) groups is 1. The van der Waals surface area contributed by atoms with Crippen LogP contribution in [-0.4, -0.2) is 24.3 Å². The summed E-state index contributed by atoms with van der Waals surface area (Å²) >= 11 is 3.41. The van der Waals surface area contributed by atoms with Crippen molar-refractivity contribution in [2.45, 2.75) is 18.1 Å². The SMILES string of the molecule is COC(=O)C(O)C1(c2ccccc2Br)CC=CO1. The highest BCUT2D eigenvalue weighted by atomic mass is 79.9. The Bertz CT molecular complexity index is 476. The van der Waals surface area contributed by atoms with Crippen LogP contribution in [0.15, 0.2) is 41.1 Å². The fraction of sp³-hybridized carbons (Fsp3) is 0.308. The molecule has 1 N–H and O–H groups in total. The standard InChI is InChI=1S/C13H13BrO4/c1-17-12(16)11(15)13(7-4-8-18-13)9-5-2-3-6-10(9)14/h2-6,8,11,15H,7H2,1H3. The normalized spacial score (nSPS) is 23.5. The number of carbonyl (C=O) groups excluding carboxylic acids is 1. The van der Waals surface area contributed by atoms with Crippen LogP contribution in [0.5, 0.6) is 0 Å². The maximum atomic E-state index is 11.6. The number of methoxy groups -OCH3 is 1. The fourth-order valence-electron chi connectivity index (χ4n) is 2.04. The molecule has 5 heteroatoms. The van der Waals surface area contributed by atoms with Crippen LogP contribution in [0.25, 0.3) is 0 Å². The van der Waals surface area contributed by atoms with Gasteiger partial charge in [-0.05, 0) is 12.1 Å². The minimum Gasteiger partial charge on any atom is -0.487 e. The van der Waals surface area contributed by atoms with Gasteiger partial charge in [0.25, 0.3) is 0 Å². The average Bonchev–Trinajstić information content (AvgIpc) is 2.88. The smallest absolute Gasteiger partial charge is 0.339 e. The van der Waals surface area contributed by atoms with Gasteiger partial charge in [0.15, 0.2) is 11.7 Å². The topological polar surface area (TPSA) is 55.8 Å². The van der Waals surface area contributed by atoms with Gasteiger partial charge in [0, 0.05) is 16.5 Å². The van der Waals surface area contributed by atoms with Crippen LogP contribution in [0.3, 0.4) is 0 Å². The second kappa shape index (κ2) is 5.12. The Balaban J connectivity index is 2.45. The quantitative estimate of drug-likeness (QED) is 0.869. The average molecular weight is 313 g/mol. The summed E-state index contributed by atoms with van der Waals surface area (Å²) in [7, 11) is 1.24. The van der Waals surface area contributed by atoms with Gasteiger partial charge in [-0.25, -0.2) is 4.79 Å². The second-order valence-corrected chi connectivity index (χ2v) is 4.84. The maximum Gasteiger partial charge on any atom is 0.339 e. The molecule has 18 heavy (non-hydrogen) atoms. The van der Waals surface area contributed by atoms with E-state index in [9.17, 15) is 9.90 Å². The first-order valence-corrected chi connectivity index (χ1v) is 6.25. The molecule has 1 heterocycles. The van der Waals surface area contributed by atoms with E-state index in [1.807, 2.05) is 24.3 Å². The predicted molar refractivity (Wildman–Crippen MR) is 68.7 cm³/mol. The monoisotopic (exact) mass is 312 g/mol. The number of benzene rings is 1. The minimum absolute atomic E-state index is 0.409. The van der Waals surface area contributed by atoms with Gasteiger partial charge in [-0.15, -0.1) is 0 Å². The van der Waals surface area contributed by atoms with Crippen molar-refractivity contribution in [1.82, 2.24) is 0 Å². The van der Waals surface area contributed by atoms with Crippen LogP contribution in [0.2, 0.25) is 0 Å². The Labute approximate surface area is 113 Å². The van der Waals surface area contributed by atoms with E-state index in [0.717, 1.165) is 4.47 Å². The summed E-state index contributed by atoms with van der Waals surface area (Å²) in [5.74, 6) is -0.713. The number of esters is 1. The summed E-state index contributed by atoms with van der Waals surface area (Å²) in [6.07, 6.45) is 2.29. The third-order valence-electron chi connectivity index (χ3n) is 2.99. The van der Waals surface area contributed by atoms with Gasteiger partial charge < -0.3 is 14.6 Å². The third-order valence-corrected chi connectivity index (χ3v) is 3.68. The summed E-state index contributed by atoms with van der Waals surface area (Å²) in [5.41, 5.74) is -0.402. The van der Waals surface area contributed by atoms with E-state index in [-0.39, 0.29) is 0 Å². The summed E-state index contributed by atoms with van der Waals surface area (Å²) in [4.78, 5) is 11.6. The van der Waals surface area contributed by atoms with E-state index < -0.39 is 17.7 Å². The molecule has 96 valence electrons. The maximum absolute atomic E-state index is 11.6. The van der Waals surface area contributed by atoms with Gasteiger partial charge in [-0.3, -0.25) is 0 Å². The number of halogens is 1. The molecule has 2 atom stereocenters. The largest absolute Gasteiger partial charge is 0.487 e. The van der Waals surface area contributed by atoms with Crippen molar-refractivity contribution in [3.8, 4) is 0 Å². The third kappa shape index (κ3) is 2.04. The molecule has 1 aromatic carbocycles. The lowest BCUT2D eigenvalue weighted by atomic mass is 9.85. The molecule has 0 saturated heterocycles. The molecule has 0 aromatic heterocycles. The molecule has 0 fully saturated rings. The number of ether oxygens (including phenoxy) is 2. The van der Waals surface area contributed by atoms with Crippen molar-refractivity contribution >= 4 is 21.9 Å². The fourth-order valence-corrected chi connectivity index (χ4v) is 2.66. The van der Waals surface area contributed by atoms with Gasteiger partial charge in [-0.2, -0.15) is 0 Å².